The van der Waals surface area contributed by atoms with E-state index < -0.39 is 0 Å². The van der Waals surface area contributed by atoms with Gasteiger partial charge in [-0.25, -0.2) is 0 Å². The molecule has 1 aromatic heterocycles. The second kappa shape index (κ2) is 4.74. The fourth-order valence-corrected chi connectivity index (χ4v) is 2.96. The van der Waals surface area contributed by atoms with E-state index in [1.54, 1.807) is 18.2 Å². The van der Waals surface area contributed by atoms with Crippen LogP contribution in [0, 0.1) is 5.41 Å². The summed E-state index contributed by atoms with van der Waals surface area (Å²) in [5.74, 6) is 0.393. The first-order valence-corrected chi connectivity index (χ1v) is 7.13. The van der Waals surface area contributed by atoms with E-state index in [1.165, 1.54) is 0 Å². The number of phenolic OH excluding ortho intramolecular Hbond substituents is 1. The summed E-state index contributed by atoms with van der Waals surface area (Å²) in [7, 11) is 0. The second-order valence-corrected chi connectivity index (χ2v) is 5.24. The zero-order valence-corrected chi connectivity index (χ0v) is 11.8. The molecule has 4 rings (SSSR count). The molecule has 4 aromatic rings. The predicted octanol–water partition coefficient (Wildman–Crippen LogP) is 4.37. The van der Waals surface area contributed by atoms with Gasteiger partial charge >= 0.3 is 0 Å². The smallest absolute Gasteiger partial charge is 0.141 e. The Bertz CT molecular complexity index is 961. The van der Waals surface area contributed by atoms with Crippen molar-refractivity contribution in [3.63, 3.8) is 0 Å². The lowest BCUT2D eigenvalue weighted by Gasteiger charge is -2.10. The maximum Gasteiger partial charge on any atom is 0.141 e. The Labute approximate surface area is 127 Å². The third-order valence-corrected chi connectivity index (χ3v) is 3.96. The van der Waals surface area contributed by atoms with Gasteiger partial charge in [0.15, 0.2) is 0 Å². The van der Waals surface area contributed by atoms with Crippen LogP contribution < -0.4 is 0 Å². The first kappa shape index (κ1) is 12.7. The standard InChI is InChI=1S/C19H14N2O/c20-19(15-9-3-6-12-18(15)22)21-16-10-4-1-7-13(16)14-8-2-5-11-17(14)21/h1-12,20,22H. The van der Waals surface area contributed by atoms with Gasteiger partial charge < -0.3 is 5.11 Å². The number of fused-ring (bicyclic) bond motifs is 3. The number of rotatable bonds is 1. The van der Waals surface area contributed by atoms with Crippen LogP contribution in [0.25, 0.3) is 21.8 Å². The van der Waals surface area contributed by atoms with Crippen LogP contribution in [-0.2, 0) is 0 Å². The number of nitrogens with zero attached hydrogens (tertiary/aromatic N) is 1. The molecule has 3 heteroatoms. The van der Waals surface area contributed by atoms with Crippen molar-refractivity contribution >= 4 is 27.6 Å². The third-order valence-electron chi connectivity index (χ3n) is 3.96. The van der Waals surface area contributed by atoms with E-state index in [0.717, 1.165) is 21.8 Å². The number of aromatic hydroxyl groups is 1. The van der Waals surface area contributed by atoms with Crippen molar-refractivity contribution in [3.05, 3.63) is 78.4 Å². The first-order valence-electron chi connectivity index (χ1n) is 7.13. The highest BCUT2D eigenvalue weighted by Gasteiger charge is 2.16. The topological polar surface area (TPSA) is 49.0 Å². The Morgan fingerprint density at radius 1 is 0.727 bits per heavy atom. The fourth-order valence-electron chi connectivity index (χ4n) is 2.96. The van der Waals surface area contributed by atoms with Crippen LogP contribution in [-0.4, -0.2) is 15.5 Å². The zero-order valence-electron chi connectivity index (χ0n) is 11.8. The number of hydrogen-bond acceptors (Lipinski definition) is 2. The maximum absolute atomic E-state index is 10.1. The summed E-state index contributed by atoms with van der Waals surface area (Å²) < 4.78 is 1.89. The Hall–Kier alpha value is -3.07. The zero-order chi connectivity index (χ0) is 15.1. The highest BCUT2D eigenvalue weighted by Crippen LogP contribution is 2.30. The molecule has 0 aliphatic heterocycles. The van der Waals surface area contributed by atoms with Crippen LogP contribution in [0.4, 0.5) is 0 Å². The molecule has 22 heavy (non-hydrogen) atoms. The quantitative estimate of drug-likeness (QED) is 0.396. The lowest BCUT2D eigenvalue weighted by Crippen LogP contribution is -2.11. The molecule has 0 saturated heterocycles. The minimum Gasteiger partial charge on any atom is -0.507 e. The van der Waals surface area contributed by atoms with Crippen molar-refractivity contribution in [1.29, 1.82) is 5.41 Å². The van der Waals surface area contributed by atoms with Gasteiger partial charge in [0.25, 0.3) is 0 Å². The molecule has 3 nitrogen and oxygen atoms in total. The molecule has 0 saturated carbocycles. The van der Waals surface area contributed by atoms with Crippen molar-refractivity contribution in [3.8, 4) is 5.75 Å². The van der Waals surface area contributed by atoms with Crippen LogP contribution in [0.3, 0.4) is 0 Å². The first-order chi connectivity index (χ1) is 10.8. The normalized spacial score (nSPS) is 11.1. The van der Waals surface area contributed by atoms with Crippen molar-refractivity contribution in [2.24, 2.45) is 0 Å². The number of nitrogens with one attached hydrogen (secondary N) is 1. The Kier molecular flexibility index (Phi) is 2.73. The van der Waals surface area contributed by atoms with Gasteiger partial charge in [0, 0.05) is 10.8 Å². The second-order valence-electron chi connectivity index (χ2n) is 5.24. The molecule has 0 fully saturated rings. The average molecular weight is 286 g/mol. The molecule has 0 atom stereocenters. The summed E-state index contributed by atoms with van der Waals surface area (Å²) in [6.07, 6.45) is 0. The molecule has 1 heterocycles. The maximum atomic E-state index is 10.1. The molecule has 0 bridgehead atoms. The van der Waals surface area contributed by atoms with Gasteiger partial charge in [0.1, 0.15) is 11.6 Å². The van der Waals surface area contributed by atoms with Gasteiger partial charge in [-0.05, 0) is 24.3 Å². The molecule has 0 unspecified atom stereocenters. The number of aromatic nitrogens is 1. The van der Waals surface area contributed by atoms with Gasteiger partial charge in [-0.3, -0.25) is 9.98 Å². The van der Waals surface area contributed by atoms with E-state index in [9.17, 15) is 5.11 Å². The highest BCUT2D eigenvalue weighted by atomic mass is 16.3. The van der Waals surface area contributed by atoms with E-state index >= 15 is 0 Å². The van der Waals surface area contributed by atoms with Gasteiger partial charge in [-0.15, -0.1) is 0 Å². The van der Waals surface area contributed by atoms with Crippen molar-refractivity contribution in [1.82, 2.24) is 4.57 Å². The van der Waals surface area contributed by atoms with E-state index in [2.05, 4.69) is 12.1 Å². The minimum atomic E-state index is 0.120. The lowest BCUT2D eigenvalue weighted by atomic mass is 10.1. The van der Waals surface area contributed by atoms with Crippen molar-refractivity contribution in [2.75, 3.05) is 0 Å². The Morgan fingerprint density at radius 2 is 1.23 bits per heavy atom. The number of para-hydroxylation sites is 3. The van der Waals surface area contributed by atoms with Crippen LogP contribution in [0.5, 0.6) is 5.75 Å². The lowest BCUT2D eigenvalue weighted by molar-refractivity contribution is 0.474. The predicted molar refractivity (Wildman–Crippen MR) is 89.8 cm³/mol. The van der Waals surface area contributed by atoms with Crippen LogP contribution >= 0.6 is 0 Å². The molecule has 0 spiro atoms. The molecule has 0 radical (unpaired) electrons. The molecule has 3 aromatic carbocycles. The number of phenols is 1. The summed E-state index contributed by atoms with van der Waals surface area (Å²) in [6, 6.07) is 23.0. The largest absolute Gasteiger partial charge is 0.507 e. The van der Waals surface area contributed by atoms with E-state index in [0.29, 0.717) is 5.56 Å². The fraction of sp³-hybridized carbons (Fsp3) is 0. The molecule has 106 valence electrons. The molecule has 0 amide bonds. The number of hydrogen-bond donors (Lipinski definition) is 2. The minimum absolute atomic E-state index is 0.120. The molecular formula is C19H14N2O. The van der Waals surface area contributed by atoms with Crippen LogP contribution in [0.1, 0.15) is 5.56 Å². The van der Waals surface area contributed by atoms with Crippen molar-refractivity contribution < 1.29 is 5.11 Å². The molecular weight excluding hydrogens is 272 g/mol. The summed E-state index contributed by atoms with van der Waals surface area (Å²) in [6.45, 7) is 0. The van der Waals surface area contributed by atoms with Gasteiger partial charge in [0.05, 0.1) is 16.6 Å². The molecule has 2 N–H and O–H groups in total. The van der Waals surface area contributed by atoms with Crippen molar-refractivity contribution in [2.45, 2.75) is 0 Å². The summed E-state index contributed by atoms with van der Waals surface area (Å²) in [5.41, 5.74) is 2.46. The summed E-state index contributed by atoms with van der Waals surface area (Å²) >= 11 is 0. The third kappa shape index (κ3) is 1.72. The Morgan fingerprint density at radius 3 is 1.82 bits per heavy atom. The van der Waals surface area contributed by atoms with Crippen LogP contribution in [0.15, 0.2) is 72.8 Å². The SMILES string of the molecule is N=C(c1ccccc1O)n1c2ccccc2c2ccccc21. The summed E-state index contributed by atoms with van der Waals surface area (Å²) in [5, 5.41) is 20.9. The van der Waals surface area contributed by atoms with E-state index in [4.69, 9.17) is 5.41 Å². The van der Waals surface area contributed by atoms with E-state index in [-0.39, 0.29) is 11.6 Å². The molecule has 0 aliphatic carbocycles. The van der Waals surface area contributed by atoms with Crippen LogP contribution in [0.2, 0.25) is 0 Å². The monoisotopic (exact) mass is 286 g/mol. The Balaban J connectivity index is 2.09. The van der Waals surface area contributed by atoms with Gasteiger partial charge in [-0.2, -0.15) is 0 Å². The molecule has 0 aliphatic rings. The number of benzene rings is 3. The van der Waals surface area contributed by atoms with Gasteiger partial charge in [0.2, 0.25) is 0 Å². The highest BCUT2D eigenvalue weighted by molar-refractivity contribution is 6.17. The van der Waals surface area contributed by atoms with E-state index in [1.807, 2.05) is 47.0 Å². The van der Waals surface area contributed by atoms with Gasteiger partial charge in [-0.1, -0.05) is 48.5 Å². The average Bonchev–Trinajstić information content (AvgIpc) is 2.89. The summed E-state index contributed by atoms with van der Waals surface area (Å²) in [4.78, 5) is 0.